The molecule has 1 N–H and O–H groups in total. The van der Waals surface area contributed by atoms with Crippen molar-refractivity contribution >= 4 is 0 Å². The molecule has 1 heterocycles. The van der Waals surface area contributed by atoms with Gasteiger partial charge in [0.1, 0.15) is 0 Å². The van der Waals surface area contributed by atoms with Gasteiger partial charge in [-0.1, -0.05) is 12.5 Å². The third-order valence-corrected chi connectivity index (χ3v) is 7.42. The van der Waals surface area contributed by atoms with Gasteiger partial charge < -0.3 is 29.0 Å². The van der Waals surface area contributed by atoms with Crippen molar-refractivity contribution in [3.8, 4) is 23.0 Å². The van der Waals surface area contributed by atoms with Gasteiger partial charge in [-0.3, -0.25) is 0 Å². The molecule has 2 aromatic carbocycles. The van der Waals surface area contributed by atoms with Gasteiger partial charge in [-0.25, -0.2) is 0 Å². The largest absolute Gasteiger partial charge is 0.493 e. The minimum atomic E-state index is 0.0214. The number of rotatable bonds is 8. The van der Waals surface area contributed by atoms with E-state index in [9.17, 15) is 5.11 Å². The average Bonchev–Trinajstić information content (AvgIpc) is 2.87. The lowest BCUT2D eigenvalue weighted by atomic mass is 9.66. The van der Waals surface area contributed by atoms with E-state index in [4.69, 9.17) is 18.9 Å². The van der Waals surface area contributed by atoms with Crippen molar-refractivity contribution < 1.29 is 24.1 Å². The van der Waals surface area contributed by atoms with Crippen molar-refractivity contribution in [2.75, 3.05) is 54.7 Å². The third-order valence-electron chi connectivity index (χ3n) is 7.42. The maximum Gasteiger partial charge on any atom is 0.161 e. The number of piperidine rings is 1. The molecule has 6 heteroatoms. The fourth-order valence-electron chi connectivity index (χ4n) is 5.74. The molecule has 1 fully saturated rings. The lowest BCUT2D eigenvalue weighted by molar-refractivity contribution is 0.105. The Morgan fingerprint density at radius 3 is 2.09 bits per heavy atom. The summed E-state index contributed by atoms with van der Waals surface area (Å²) in [6, 6.07) is 10.3. The molecular weight excluding hydrogens is 418 g/mol. The predicted octanol–water partition coefficient (Wildman–Crippen LogP) is 4.12. The molecule has 0 saturated carbocycles. The van der Waals surface area contributed by atoms with Gasteiger partial charge in [-0.15, -0.1) is 0 Å². The van der Waals surface area contributed by atoms with Gasteiger partial charge in [-0.05, 0) is 85.1 Å². The Labute approximate surface area is 197 Å². The first kappa shape index (κ1) is 23.7. The Hall–Kier alpha value is -2.44. The van der Waals surface area contributed by atoms with Gasteiger partial charge in [0.15, 0.2) is 23.0 Å². The van der Waals surface area contributed by atoms with Crippen LogP contribution in [0.2, 0.25) is 0 Å². The van der Waals surface area contributed by atoms with Crippen LogP contribution in [0.4, 0.5) is 0 Å². The van der Waals surface area contributed by atoms with Crippen LogP contribution >= 0.6 is 0 Å². The number of hydrogen-bond donors (Lipinski definition) is 1. The number of likely N-dealkylation sites (tertiary alicyclic amines) is 1. The Morgan fingerprint density at radius 1 is 0.818 bits per heavy atom. The van der Waals surface area contributed by atoms with Crippen LogP contribution in [-0.4, -0.2) is 64.7 Å². The lowest BCUT2D eigenvalue weighted by Gasteiger charge is -2.42. The average molecular weight is 456 g/mol. The maximum absolute atomic E-state index is 10.7. The van der Waals surface area contributed by atoms with Crippen molar-refractivity contribution in [1.29, 1.82) is 0 Å². The Morgan fingerprint density at radius 2 is 1.45 bits per heavy atom. The molecule has 0 radical (unpaired) electrons. The van der Waals surface area contributed by atoms with Crippen molar-refractivity contribution in [2.45, 2.75) is 31.6 Å². The number of methoxy groups -OCH3 is 4. The minimum absolute atomic E-state index is 0.0214. The van der Waals surface area contributed by atoms with E-state index in [1.807, 2.05) is 6.07 Å². The summed E-state index contributed by atoms with van der Waals surface area (Å²) in [6.07, 6.45) is 4.76. The molecule has 1 saturated heterocycles. The standard InChI is InChI=1S/C27H37NO5/c1-30-23-9-8-18(13-24(23)31-2)27-21-15-26(33-4)25(32-3)14-19(21)12-20(22(27)17-29)16-28-10-6-5-7-11-28/h8-9,13-15,20,22,27,29H,5-7,10-12,16-17H2,1-4H3/t20-,22+,27+/m0/s1. The fraction of sp³-hybridized carbons (Fsp3) is 0.556. The normalized spacial score (nSPS) is 23.0. The summed E-state index contributed by atoms with van der Waals surface area (Å²) in [6.45, 7) is 3.43. The molecule has 180 valence electrons. The van der Waals surface area contributed by atoms with Gasteiger partial charge in [-0.2, -0.15) is 0 Å². The van der Waals surface area contributed by atoms with Crippen molar-refractivity contribution in [3.05, 3.63) is 47.0 Å². The molecule has 0 unspecified atom stereocenters. The highest BCUT2D eigenvalue weighted by molar-refractivity contribution is 5.54. The summed E-state index contributed by atoms with van der Waals surface area (Å²) < 4.78 is 22.4. The molecule has 0 bridgehead atoms. The highest BCUT2D eigenvalue weighted by Gasteiger charge is 2.39. The smallest absolute Gasteiger partial charge is 0.161 e. The lowest BCUT2D eigenvalue weighted by Crippen LogP contribution is -2.42. The van der Waals surface area contributed by atoms with Gasteiger partial charge in [0, 0.05) is 19.1 Å². The first-order valence-electron chi connectivity index (χ1n) is 11.9. The molecule has 33 heavy (non-hydrogen) atoms. The van der Waals surface area contributed by atoms with E-state index in [0.717, 1.165) is 37.4 Å². The van der Waals surface area contributed by atoms with E-state index in [0.29, 0.717) is 23.2 Å². The Balaban J connectivity index is 1.80. The van der Waals surface area contributed by atoms with Crippen molar-refractivity contribution in [3.63, 3.8) is 0 Å². The topological polar surface area (TPSA) is 60.4 Å². The van der Waals surface area contributed by atoms with Crippen molar-refractivity contribution in [1.82, 2.24) is 4.90 Å². The van der Waals surface area contributed by atoms with Crippen LogP contribution < -0.4 is 18.9 Å². The van der Waals surface area contributed by atoms with Crippen LogP contribution in [0.15, 0.2) is 30.3 Å². The van der Waals surface area contributed by atoms with Crippen LogP contribution in [0.3, 0.4) is 0 Å². The summed E-state index contributed by atoms with van der Waals surface area (Å²) in [5, 5.41) is 10.7. The molecule has 2 aliphatic rings. The second-order valence-corrected chi connectivity index (χ2v) is 9.17. The third kappa shape index (κ3) is 4.78. The Bertz CT molecular complexity index is 940. The summed E-state index contributed by atoms with van der Waals surface area (Å²) in [5.41, 5.74) is 3.57. The number of aliphatic hydroxyl groups excluding tert-OH is 1. The van der Waals surface area contributed by atoms with E-state index in [-0.39, 0.29) is 18.4 Å². The maximum atomic E-state index is 10.7. The second-order valence-electron chi connectivity index (χ2n) is 9.17. The quantitative estimate of drug-likeness (QED) is 0.646. The molecule has 4 rings (SSSR count). The molecule has 0 spiro atoms. The molecule has 1 aliphatic carbocycles. The van der Waals surface area contributed by atoms with E-state index >= 15 is 0 Å². The zero-order valence-electron chi connectivity index (χ0n) is 20.3. The first-order valence-corrected chi connectivity index (χ1v) is 11.9. The second kappa shape index (κ2) is 10.7. The molecule has 2 aromatic rings. The monoisotopic (exact) mass is 455 g/mol. The van der Waals surface area contributed by atoms with Crippen LogP contribution in [0.5, 0.6) is 23.0 Å². The number of hydrogen-bond acceptors (Lipinski definition) is 6. The number of aliphatic hydroxyl groups is 1. The van der Waals surface area contributed by atoms with Gasteiger partial charge in [0.25, 0.3) is 0 Å². The van der Waals surface area contributed by atoms with Crippen molar-refractivity contribution in [2.24, 2.45) is 11.8 Å². The number of nitrogens with zero attached hydrogens (tertiary/aromatic N) is 1. The summed E-state index contributed by atoms with van der Waals surface area (Å²) in [5.74, 6) is 3.33. The van der Waals surface area contributed by atoms with Crippen LogP contribution in [0.25, 0.3) is 0 Å². The summed E-state index contributed by atoms with van der Waals surface area (Å²) >= 11 is 0. The Kier molecular flexibility index (Phi) is 7.66. The molecule has 6 nitrogen and oxygen atoms in total. The number of benzene rings is 2. The van der Waals surface area contributed by atoms with Gasteiger partial charge in [0.2, 0.25) is 0 Å². The van der Waals surface area contributed by atoms with Gasteiger partial charge >= 0.3 is 0 Å². The molecule has 0 aromatic heterocycles. The zero-order valence-corrected chi connectivity index (χ0v) is 20.3. The summed E-state index contributed by atoms with van der Waals surface area (Å²) in [7, 11) is 6.66. The molecule has 3 atom stereocenters. The summed E-state index contributed by atoms with van der Waals surface area (Å²) in [4.78, 5) is 2.58. The van der Waals surface area contributed by atoms with Crippen LogP contribution in [0.1, 0.15) is 41.9 Å². The first-order chi connectivity index (χ1) is 16.1. The SMILES string of the molecule is COc1ccc([C@@H]2c3cc(OC)c(OC)cc3C[C@@H](CN3CCCCC3)[C@H]2CO)cc1OC. The molecule has 1 aliphatic heterocycles. The highest BCUT2D eigenvalue weighted by atomic mass is 16.5. The van der Waals surface area contributed by atoms with Crippen LogP contribution in [0, 0.1) is 11.8 Å². The number of ether oxygens (including phenoxy) is 4. The van der Waals surface area contributed by atoms with Gasteiger partial charge in [0.05, 0.1) is 28.4 Å². The van der Waals surface area contributed by atoms with E-state index in [1.54, 1.807) is 28.4 Å². The molecular formula is C27H37NO5. The van der Waals surface area contributed by atoms with E-state index in [1.165, 1.54) is 30.4 Å². The van der Waals surface area contributed by atoms with E-state index < -0.39 is 0 Å². The molecule has 0 amide bonds. The highest BCUT2D eigenvalue weighted by Crippen LogP contribution is 2.48. The van der Waals surface area contributed by atoms with E-state index in [2.05, 4.69) is 29.2 Å². The van der Waals surface area contributed by atoms with Crippen LogP contribution in [-0.2, 0) is 6.42 Å². The predicted molar refractivity (Wildman–Crippen MR) is 129 cm³/mol. The zero-order chi connectivity index (χ0) is 23.4. The number of fused-ring (bicyclic) bond motifs is 1. The fourth-order valence-corrected chi connectivity index (χ4v) is 5.74. The minimum Gasteiger partial charge on any atom is -0.493 e.